The van der Waals surface area contributed by atoms with Gasteiger partial charge in [0, 0.05) is 10.1 Å². The zero-order valence-corrected chi connectivity index (χ0v) is 8.25. The van der Waals surface area contributed by atoms with Crippen molar-refractivity contribution in [2.24, 2.45) is 0 Å². The van der Waals surface area contributed by atoms with E-state index in [9.17, 15) is 9.59 Å². The van der Waals surface area contributed by atoms with E-state index < -0.39 is 12.3 Å². The van der Waals surface area contributed by atoms with Crippen molar-refractivity contribution in [3.8, 4) is 0 Å². The Morgan fingerprint density at radius 1 is 0.875 bits per heavy atom. The molecular formula is C8H10O8. The Hall–Kier alpha value is -2.06. The van der Waals surface area contributed by atoms with Crippen LogP contribution < -0.4 is 0 Å². The summed E-state index contributed by atoms with van der Waals surface area (Å²) in [6.45, 7) is 6.43. The summed E-state index contributed by atoms with van der Waals surface area (Å²) in [7, 11) is 0. The molecule has 0 aromatic carbocycles. The average Bonchev–Trinajstić information content (AvgIpc) is 2.29. The molecule has 0 bridgehead atoms. The van der Waals surface area contributed by atoms with Crippen LogP contribution in [0.3, 0.4) is 0 Å². The van der Waals surface area contributed by atoms with E-state index in [-0.39, 0.29) is 13.2 Å². The van der Waals surface area contributed by atoms with Gasteiger partial charge in [-0.25, -0.2) is 19.4 Å². The van der Waals surface area contributed by atoms with E-state index >= 15 is 0 Å². The Balaban J connectivity index is 3.37. The summed E-state index contributed by atoms with van der Waals surface area (Å²) in [5.74, 6) is 0. The van der Waals surface area contributed by atoms with Crippen LogP contribution in [0.15, 0.2) is 25.3 Å². The molecule has 0 aliphatic rings. The second kappa shape index (κ2) is 9.49. The topological polar surface area (TPSA) is 89.5 Å². The summed E-state index contributed by atoms with van der Waals surface area (Å²) in [5.41, 5.74) is 0. The number of carbonyl (C=O) groups is 2. The van der Waals surface area contributed by atoms with Crippen LogP contribution in [0.2, 0.25) is 0 Å². The molecule has 0 spiro atoms. The molecule has 0 saturated heterocycles. The van der Waals surface area contributed by atoms with Crippen molar-refractivity contribution >= 4 is 12.3 Å². The smallest absolute Gasteiger partial charge is 0.428 e. The summed E-state index contributed by atoms with van der Waals surface area (Å²) in [4.78, 5) is 28.7. The van der Waals surface area contributed by atoms with E-state index in [2.05, 4.69) is 42.5 Å². The maximum Gasteiger partial charge on any atom is 0.543 e. The lowest BCUT2D eigenvalue weighted by Gasteiger charge is -2.01. The molecule has 0 aromatic rings. The molecule has 0 heterocycles. The van der Waals surface area contributed by atoms with Gasteiger partial charge < -0.3 is 9.47 Å². The molecule has 0 fully saturated rings. The van der Waals surface area contributed by atoms with Gasteiger partial charge in [-0.1, -0.05) is 25.3 Å². The fourth-order valence-electron chi connectivity index (χ4n) is 0.385. The van der Waals surface area contributed by atoms with Gasteiger partial charge in [-0.15, -0.1) is 0 Å². The average molecular weight is 234 g/mol. The van der Waals surface area contributed by atoms with Crippen molar-refractivity contribution in [3.05, 3.63) is 25.3 Å². The van der Waals surface area contributed by atoms with Crippen molar-refractivity contribution in [3.63, 3.8) is 0 Å². The Labute approximate surface area is 90.7 Å². The molecule has 0 unspecified atom stereocenters. The quantitative estimate of drug-likeness (QED) is 0.215. The molecule has 0 rings (SSSR count). The highest BCUT2D eigenvalue weighted by Crippen LogP contribution is 1.92. The second-order valence-electron chi connectivity index (χ2n) is 2.00. The molecule has 0 aliphatic heterocycles. The molecule has 0 aromatic heterocycles. The first-order valence-corrected chi connectivity index (χ1v) is 3.94. The van der Waals surface area contributed by atoms with Crippen LogP contribution in [0, 0.1) is 0 Å². The van der Waals surface area contributed by atoms with E-state index in [1.54, 1.807) is 0 Å². The highest BCUT2D eigenvalue weighted by atomic mass is 17.7. The molecule has 0 saturated carbocycles. The van der Waals surface area contributed by atoms with Crippen LogP contribution in [-0.4, -0.2) is 25.5 Å². The minimum Gasteiger partial charge on any atom is -0.428 e. The molecular weight excluding hydrogens is 224 g/mol. The first-order chi connectivity index (χ1) is 7.70. The zero-order chi connectivity index (χ0) is 12.2. The Kier molecular flexibility index (Phi) is 8.27. The van der Waals surface area contributed by atoms with E-state index in [1.807, 2.05) is 0 Å². The first kappa shape index (κ1) is 13.9. The number of hydrogen-bond donors (Lipinski definition) is 0. The fourth-order valence-corrected chi connectivity index (χ4v) is 0.385. The maximum absolute atomic E-state index is 10.5. The third-order valence-electron chi connectivity index (χ3n) is 0.870. The van der Waals surface area contributed by atoms with Crippen molar-refractivity contribution in [2.75, 3.05) is 13.2 Å². The van der Waals surface area contributed by atoms with Gasteiger partial charge in [-0.3, -0.25) is 0 Å². The lowest BCUT2D eigenvalue weighted by atomic mass is 10.7. The molecule has 90 valence electrons. The van der Waals surface area contributed by atoms with Gasteiger partial charge in [0.05, 0.1) is 0 Å². The zero-order valence-electron chi connectivity index (χ0n) is 8.25. The first-order valence-electron chi connectivity index (χ1n) is 3.94. The van der Waals surface area contributed by atoms with E-state index in [1.165, 1.54) is 12.2 Å². The summed E-state index contributed by atoms with van der Waals surface area (Å²) in [6, 6.07) is 0. The van der Waals surface area contributed by atoms with Crippen molar-refractivity contribution in [1.82, 2.24) is 0 Å². The highest BCUT2D eigenvalue weighted by molar-refractivity contribution is 5.59. The summed E-state index contributed by atoms with van der Waals surface area (Å²) in [6.07, 6.45) is 0.238. The predicted octanol–water partition coefficient (Wildman–Crippen LogP) is 1.44. The number of ether oxygens (including phenoxy) is 2. The Bertz CT molecular complexity index is 222. The highest BCUT2D eigenvalue weighted by Gasteiger charge is 2.08. The maximum atomic E-state index is 10.5. The minimum atomic E-state index is -1.19. The summed E-state index contributed by atoms with van der Waals surface area (Å²) < 4.78 is 8.59. The van der Waals surface area contributed by atoms with Crippen LogP contribution in [0.25, 0.3) is 0 Å². The molecule has 0 amide bonds. The molecule has 8 heteroatoms. The van der Waals surface area contributed by atoms with Crippen molar-refractivity contribution in [1.29, 1.82) is 0 Å². The summed E-state index contributed by atoms with van der Waals surface area (Å²) in [5, 5.41) is 7.37. The van der Waals surface area contributed by atoms with Gasteiger partial charge in [0.1, 0.15) is 13.2 Å². The van der Waals surface area contributed by atoms with Gasteiger partial charge in [0.25, 0.3) is 0 Å². The van der Waals surface area contributed by atoms with Gasteiger partial charge >= 0.3 is 12.3 Å². The lowest BCUT2D eigenvalue weighted by Crippen LogP contribution is -2.12. The Morgan fingerprint density at radius 2 is 1.25 bits per heavy atom. The Morgan fingerprint density at radius 3 is 1.56 bits per heavy atom. The number of carbonyl (C=O) groups excluding carboxylic acids is 2. The van der Waals surface area contributed by atoms with E-state index in [4.69, 9.17) is 0 Å². The molecule has 16 heavy (non-hydrogen) atoms. The number of hydrogen-bond acceptors (Lipinski definition) is 8. The largest absolute Gasteiger partial charge is 0.543 e. The lowest BCUT2D eigenvalue weighted by molar-refractivity contribution is -0.600. The molecule has 0 N–H and O–H groups in total. The molecule has 0 atom stereocenters. The monoisotopic (exact) mass is 234 g/mol. The van der Waals surface area contributed by atoms with E-state index in [0.717, 1.165) is 0 Å². The molecule has 0 radical (unpaired) electrons. The molecule has 8 nitrogen and oxygen atoms in total. The predicted molar refractivity (Wildman–Crippen MR) is 47.4 cm³/mol. The third kappa shape index (κ3) is 8.53. The van der Waals surface area contributed by atoms with Crippen molar-refractivity contribution in [2.45, 2.75) is 0 Å². The van der Waals surface area contributed by atoms with Gasteiger partial charge in [-0.2, -0.15) is 0 Å². The van der Waals surface area contributed by atoms with Crippen LogP contribution in [0.4, 0.5) is 9.59 Å². The third-order valence-corrected chi connectivity index (χ3v) is 0.870. The minimum absolute atomic E-state index is 0.0651. The van der Waals surface area contributed by atoms with Gasteiger partial charge in [0.15, 0.2) is 0 Å². The SMILES string of the molecule is C=CCOC(=O)OOOOC(=O)OCC=C. The fraction of sp³-hybridized carbons (Fsp3) is 0.250. The van der Waals surface area contributed by atoms with Gasteiger partial charge in [-0.05, 0) is 0 Å². The molecule has 0 aliphatic carbocycles. The van der Waals surface area contributed by atoms with Gasteiger partial charge in [0.2, 0.25) is 0 Å². The van der Waals surface area contributed by atoms with Crippen LogP contribution in [0.5, 0.6) is 0 Å². The van der Waals surface area contributed by atoms with E-state index in [0.29, 0.717) is 0 Å². The normalized spacial score (nSPS) is 8.75. The number of rotatable bonds is 7. The van der Waals surface area contributed by atoms with Crippen LogP contribution in [-0.2, 0) is 29.3 Å². The van der Waals surface area contributed by atoms with Crippen molar-refractivity contribution < 1.29 is 38.9 Å². The van der Waals surface area contributed by atoms with Crippen LogP contribution in [0.1, 0.15) is 0 Å². The van der Waals surface area contributed by atoms with Crippen LogP contribution >= 0.6 is 0 Å². The standard InChI is InChI=1S/C8H10O8/c1-3-5-11-7(9)13-15-16-14-8(10)12-6-4-2/h3-4H,1-2,5-6H2. The summed E-state index contributed by atoms with van der Waals surface area (Å²) >= 11 is 0. The second-order valence-corrected chi connectivity index (χ2v) is 2.00.